The van der Waals surface area contributed by atoms with Crippen LogP contribution in [0.25, 0.3) is 0 Å². The molecule has 0 aromatic carbocycles. The van der Waals surface area contributed by atoms with E-state index in [0.29, 0.717) is 0 Å². The van der Waals surface area contributed by atoms with Crippen molar-refractivity contribution in [3.63, 3.8) is 0 Å². The van der Waals surface area contributed by atoms with Crippen LogP contribution in [0.4, 0.5) is 0 Å². The van der Waals surface area contributed by atoms with E-state index in [2.05, 4.69) is 59.2 Å². The molecular weight excluding hydrogens is 638 g/mol. The van der Waals surface area contributed by atoms with Crippen molar-refractivity contribution < 1.29 is 58.5 Å². The fraction of sp³-hybridized carbons (Fsp3) is 0.571. The average molecular weight is 672 g/mol. The Hall–Kier alpha value is -3.76. The van der Waals surface area contributed by atoms with Crippen molar-refractivity contribution in [1.29, 1.82) is 0 Å². The maximum absolute atomic E-state index is 12.9. The van der Waals surface area contributed by atoms with Gasteiger partial charge < -0.3 is 53.0 Å². The van der Waals surface area contributed by atoms with E-state index in [4.69, 9.17) is 15.9 Å². The number of carbonyl (C=O) groups excluding carboxylic acids is 6. The van der Waals surface area contributed by atoms with Crippen molar-refractivity contribution in [2.24, 2.45) is 5.73 Å². The lowest BCUT2D eigenvalue weighted by molar-refractivity contribution is -0.143. The first kappa shape index (κ1) is 39.2. The van der Waals surface area contributed by atoms with Gasteiger partial charge in [0.25, 0.3) is 0 Å². The number of hydrogen-bond acceptors (Lipinski definition) is 13. The first-order chi connectivity index (χ1) is 20.1. The van der Waals surface area contributed by atoms with Crippen molar-refractivity contribution in [2.75, 3.05) is 30.3 Å². The second kappa shape index (κ2) is 20.2. The van der Waals surface area contributed by atoms with E-state index in [9.17, 15) is 48.3 Å². The highest BCUT2D eigenvalue weighted by atomic mass is 32.1. The summed E-state index contributed by atoms with van der Waals surface area (Å²) in [6.45, 7) is -1.31. The SMILES string of the molecule is N[C@@H](CS)C(=O)N[C@@H](CC(=O)O)C(=O)N[C@@H](CC(=O)O)C(=O)N[C@@H](CS)C(=O)N[C@@H](CS)C(=O)NCC(=O)NCC(=O)O. The van der Waals surface area contributed by atoms with Crippen molar-refractivity contribution in [3.8, 4) is 0 Å². The van der Waals surface area contributed by atoms with Gasteiger partial charge in [-0.15, -0.1) is 0 Å². The highest BCUT2D eigenvalue weighted by Gasteiger charge is 2.33. The summed E-state index contributed by atoms with van der Waals surface area (Å²) in [4.78, 5) is 107. The van der Waals surface area contributed by atoms with E-state index < -0.39 is 109 Å². The van der Waals surface area contributed by atoms with Gasteiger partial charge in [0, 0.05) is 17.3 Å². The molecule has 242 valence electrons. The number of aliphatic carboxylic acids is 3. The van der Waals surface area contributed by atoms with Gasteiger partial charge in [-0.1, -0.05) is 0 Å². The monoisotopic (exact) mass is 671 g/mol. The Morgan fingerprint density at radius 2 is 0.907 bits per heavy atom. The third-order valence-electron chi connectivity index (χ3n) is 5.05. The minimum absolute atomic E-state index is 0.150. The van der Waals surface area contributed by atoms with Crippen LogP contribution >= 0.6 is 37.9 Å². The summed E-state index contributed by atoms with van der Waals surface area (Å²) >= 11 is 11.7. The number of rotatable bonds is 20. The second-order valence-electron chi connectivity index (χ2n) is 8.48. The minimum Gasteiger partial charge on any atom is -0.481 e. The lowest BCUT2D eigenvalue weighted by Crippen LogP contribution is -2.60. The van der Waals surface area contributed by atoms with Crippen molar-refractivity contribution in [2.45, 2.75) is 43.1 Å². The molecule has 0 aliphatic rings. The van der Waals surface area contributed by atoms with Crippen LogP contribution in [0.3, 0.4) is 0 Å². The number of carbonyl (C=O) groups is 9. The van der Waals surface area contributed by atoms with E-state index >= 15 is 0 Å². The van der Waals surface area contributed by atoms with Gasteiger partial charge in [-0.25, -0.2) is 0 Å². The Morgan fingerprint density at radius 3 is 1.30 bits per heavy atom. The first-order valence-corrected chi connectivity index (χ1v) is 13.9. The Morgan fingerprint density at radius 1 is 0.512 bits per heavy atom. The van der Waals surface area contributed by atoms with Gasteiger partial charge in [-0.2, -0.15) is 37.9 Å². The Labute approximate surface area is 260 Å². The van der Waals surface area contributed by atoms with E-state index in [-0.39, 0.29) is 17.3 Å². The summed E-state index contributed by atoms with van der Waals surface area (Å²) in [7, 11) is 0. The number of carboxylic acids is 3. The molecule has 0 aromatic heterocycles. The quantitative estimate of drug-likeness (QED) is 0.0538. The number of nitrogens with two attached hydrogens (primary N) is 1. The summed E-state index contributed by atoms with van der Waals surface area (Å²) in [6, 6.07) is -7.68. The maximum Gasteiger partial charge on any atom is 0.322 e. The topological polar surface area (TPSA) is 313 Å². The standard InChI is InChI=1S/C21H33N7O12S3/c22-8(5-41)17(36)25-9(1-14(30)31)19(38)26-10(2-15(32)33)20(39)28-12(7-43)21(40)27-11(6-42)18(37)24-3-13(29)23-4-16(34)35/h8-12,41-43H,1-7,22H2,(H,23,29)(H,24,37)(H,25,36)(H,26,38)(H,27,40)(H,28,39)(H,30,31)(H,32,33)(H,34,35)/t8-,9-,10-,11-,12-/m0/s1. The van der Waals surface area contributed by atoms with Crippen molar-refractivity contribution in [1.82, 2.24) is 31.9 Å². The molecule has 43 heavy (non-hydrogen) atoms. The third kappa shape index (κ3) is 15.9. The molecular formula is C21H33N7O12S3. The van der Waals surface area contributed by atoms with Crippen LogP contribution < -0.4 is 37.6 Å². The van der Waals surface area contributed by atoms with Crippen LogP contribution in [0.2, 0.25) is 0 Å². The molecule has 0 aromatic rings. The third-order valence-corrected chi connectivity index (χ3v) is 6.17. The highest BCUT2D eigenvalue weighted by molar-refractivity contribution is 7.80. The van der Waals surface area contributed by atoms with E-state index in [1.54, 1.807) is 0 Å². The van der Waals surface area contributed by atoms with Gasteiger partial charge in [0.15, 0.2) is 0 Å². The number of carboxylic acid groups (broad SMARTS) is 3. The lowest BCUT2D eigenvalue weighted by atomic mass is 10.1. The Bertz CT molecular complexity index is 1080. The number of hydrogen-bond donors (Lipinski definition) is 13. The molecule has 0 rings (SSSR count). The molecule has 0 saturated carbocycles. The molecule has 0 saturated heterocycles. The highest BCUT2D eigenvalue weighted by Crippen LogP contribution is 2.02. The fourth-order valence-electron chi connectivity index (χ4n) is 2.86. The molecule has 6 amide bonds. The van der Waals surface area contributed by atoms with E-state index in [1.807, 2.05) is 10.6 Å². The smallest absolute Gasteiger partial charge is 0.322 e. The minimum atomic E-state index is -1.86. The maximum atomic E-state index is 12.9. The molecule has 22 heteroatoms. The van der Waals surface area contributed by atoms with Gasteiger partial charge in [-0.3, -0.25) is 43.2 Å². The molecule has 0 spiro atoms. The average Bonchev–Trinajstić information content (AvgIpc) is 2.93. The van der Waals surface area contributed by atoms with Crippen LogP contribution in [0.15, 0.2) is 0 Å². The predicted octanol–water partition coefficient (Wildman–Crippen LogP) is -5.69. The molecule has 11 N–H and O–H groups in total. The molecule has 0 heterocycles. The van der Waals surface area contributed by atoms with Crippen LogP contribution in [-0.4, -0.2) is 129 Å². The molecule has 19 nitrogen and oxygen atoms in total. The van der Waals surface area contributed by atoms with Gasteiger partial charge >= 0.3 is 17.9 Å². The second-order valence-corrected chi connectivity index (χ2v) is 9.58. The first-order valence-electron chi connectivity index (χ1n) is 12.1. The molecule has 0 radical (unpaired) electrons. The molecule has 0 aliphatic carbocycles. The van der Waals surface area contributed by atoms with Gasteiger partial charge in [0.2, 0.25) is 35.4 Å². The largest absolute Gasteiger partial charge is 0.481 e. The van der Waals surface area contributed by atoms with Crippen molar-refractivity contribution >= 4 is 91.2 Å². The summed E-state index contributed by atoms with van der Waals surface area (Å²) < 4.78 is 0. The van der Waals surface area contributed by atoms with E-state index in [0.717, 1.165) is 0 Å². The Balaban J connectivity index is 5.51. The van der Waals surface area contributed by atoms with Gasteiger partial charge in [0.1, 0.15) is 30.7 Å². The molecule has 0 unspecified atom stereocenters. The van der Waals surface area contributed by atoms with Gasteiger partial charge in [0.05, 0.1) is 25.4 Å². The number of nitrogens with one attached hydrogen (secondary N) is 6. The normalized spacial score (nSPS) is 14.0. The molecule has 0 bridgehead atoms. The van der Waals surface area contributed by atoms with Crippen LogP contribution in [0, 0.1) is 0 Å². The Kier molecular flexibility index (Phi) is 18.4. The lowest BCUT2D eigenvalue weighted by Gasteiger charge is -2.25. The van der Waals surface area contributed by atoms with Gasteiger partial charge in [-0.05, 0) is 0 Å². The van der Waals surface area contributed by atoms with Crippen molar-refractivity contribution in [3.05, 3.63) is 0 Å². The summed E-state index contributed by atoms with van der Waals surface area (Å²) in [5.41, 5.74) is 5.50. The number of thiol groups is 3. The van der Waals surface area contributed by atoms with E-state index in [1.165, 1.54) is 0 Å². The predicted molar refractivity (Wildman–Crippen MR) is 155 cm³/mol. The molecule has 0 aliphatic heterocycles. The summed E-state index contributed by atoms with van der Waals surface area (Å²) in [5, 5.41) is 39.5. The number of amides is 6. The van der Waals surface area contributed by atoms with Crippen LogP contribution in [0.5, 0.6) is 0 Å². The zero-order valence-corrected chi connectivity index (χ0v) is 25.0. The molecule has 5 atom stereocenters. The molecule has 0 fully saturated rings. The van der Waals surface area contributed by atoms with Crippen LogP contribution in [0.1, 0.15) is 12.8 Å². The summed E-state index contributed by atoms with van der Waals surface area (Å²) in [6.07, 6.45) is -1.97. The summed E-state index contributed by atoms with van der Waals surface area (Å²) in [5.74, 6) is -11.3. The fourth-order valence-corrected chi connectivity index (χ4v) is 3.54. The van der Waals surface area contributed by atoms with Crippen LogP contribution in [-0.2, 0) is 43.2 Å². The zero-order chi connectivity index (χ0) is 33.3. The zero-order valence-electron chi connectivity index (χ0n) is 22.3.